The van der Waals surface area contributed by atoms with Gasteiger partial charge in [0.15, 0.2) is 6.04 Å². The largest absolute Gasteiger partial charge is 0.479 e. The van der Waals surface area contributed by atoms with Crippen molar-refractivity contribution < 1.29 is 14.7 Å². The summed E-state index contributed by atoms with van der Waals surface area (Å²) in [7, 11) is 0. The summed E-state index contributed by atoms with van der Waals surface area (Å²) in [6.07, 6.45) is 1.75. The lowest BCUT2D eigenvalue weighted by molar-refractivity contribution is -0.142. The van der Waals surface area contributed by atoms with Gasteiger partial charge >= 0.3 is 5.97 Å². The number of fused-ring (bicyclic) bond motifs is 1. The van der Waals surface area contributed by atoms with Gasteiger partial charge in [-0.1, -0.05) is 70.5 Å². The second-order valence-corrected chi connectivity index (χ2v) is 9.33. The van der Waals surface area contributed by atoms with E-state index in [1.54, 1.807) is 6.07 Å². The zero-order chi connectivity index (χ0) is 22.7. The molecule has 0 radical (unpaired) electrons. The first-order chi connectivity index (χ1) is 15.5. The molecule has 0 spiro atoms. The molecule has 6 heteroatoms. The van der Waals surface area contributed by atoms with E-state index in [0.717, 1.165) is 34.0 Å². The molecular weight excluding hydrogens is 486 g/mol. The van der Waals surface area contributed by atoms with Gasteiger partial charge in [-0.15, -0.1) is 0 Å². The molecular formula is C26H24BrNO3S. The monoisotopic (exact) mass is 509 g/mol. The molecule has 32 heavy (non-hydrogen) atoms. The number of nitrogens with one attached hydrogen (secondary N) is 1. The topological polar surface area (TPSA) is 66.4 Å². The molecule has 3 aromatic rings. The van der Waals surface area contributed by atoms with Crippen LogP contribution in [0.2, 0.25) is 0 Å². The molecule has 1 aliphatic carbocycles. The van der Waals surface area contributed by atoms with Gasteiger partial charge in [-0.25, -0.2) is 4.79 Å². The van der Waals surface area contributed by atoms with Crippen LogP contribution in [0.5, 0.6) is 0 Å². The number of carbonyl (C=O) groups excluding carboxylic acids is 1. The number of hydrogen-bond donors (Lipinski definition) is 3. The van der Waals surface area contributed by atoms with Crippen molar-refractivity contribution >= 4 is 40.4 Å². The van der Waals surface area contributed by atoms with Gasteiger partial charge in [0.05, 0.1) is 5.92 Å². The zero-order valence-corrected chi connectivity index (χ0v) is 19.9. The molecule has 0 bridgehead atoms. The molecule has 2 N–H and O–H groups in total. The van der Waals surface area contributed by atoms with Gasteiger partial charge in [0.1, 0.15) is 0 Å². The molecule has 1 amide bonds. The van der Waals surface area contributed by atoms with Gasteiger partial charge in [-0.05, 0) is 64.8 Å². The van der Waals surface area contributed by atoms with Crippen LogP contribution in [0.1, 0.15) is 35.1 Å². The number of carboxylic acid groups (broad SMARTS) is 1. The third kappa shape index (κ3) is 4.76. The van der Waals surface area contributed by atoms with Crippen LogP contribution in [0.3, 0.4) is 0 Å². The Morgan fingerprint density at radius 3 is 2.50 bits per heavy atom. The van der Waals surface area contributed by atoms with E-state index in [0.29, 0.717) is 11.3 Å². The van der Waals surface area contributed by atoms with Crippen molar-refractivity contribution in [3.05, 3.63) is 94.0 Å². The van der Waals surface area contributed by atoms with E-state index in [-0.39, 0.29) is 11.8 Å². The Kier molecular flexibility index (Phi) is 7.01. The van der Waals surface area contributed by atoms with E-state index in [4.69, 9.17) is 0 Å². The molecule has 0 saturated heterocycles. The minimum atomic E-state index is -1.13. The zero-order valence-electron chi connectivity index (χ0n) is 17.4. The number of aryl methyl sites for hydroxylation is 1. The number of carbonyl (C=O) groups is 2. The summed E-state index contributed by atoms with van der Waals surface area (Å²) < 4.78 is 1.02. The summed E-state index contributed by atoms with van der Waals surface area (Å²) in [5.41, 5.74) is 4.83. The Bertz CT molecular complexity index is 1130. The maximum Gasteiger partial charge on any atom is 0.330 e. The maximum atomic E-state index is 13.2. The Morgan fingerprint density at radius 2 is 1.78 bits per heavy atom. The average molecular weight is 510 g/mol. The fraction of sp³-hybridized carbons (Fsp3) is 0.231. The quantitative estimate of drug-likeness (QED) is 0.361. The van der Waals surface area contributed by atoms with E-state index in [2.05, 4.69) is 46.0 Å². The molecule has 0 unspecified atom stereocenters. The van der Waals surface area contributed by atoms with Gasteiger partial charge < -0.3 is 10.4 Å². The summed E-state index contributed by atoms with van der Waals surface area (Å²) >= 11 is 7.96. The number of halogens is 1. The fourth-order valence-corrected chi connectivity index (χ4v) is 5.32. The summed E-state index contributed by atoms with van der Waals surface area (Å²) in [5, 5.41) is 12.7. The summed E-state index contributed by atoms with van der Waals surface area (Å²) in [5.74, 6) is -1.39. The normalized spacial score (nSPS) is 16.8. The van der Waals surface area contributed by atoms with Crippen LogP contribution in [0, 0.1) is 5.92 Å². The number of amides is 1. The van der Waals surface area contributed by atoms with Crippen LogP contribution in [-0.4, -0.2) is 22.7 Å². The molecule has 3 aromatic carbocycles. The standard InChI is InChI=1S/C26H24BrNO3S/c27-20-10-12-21-18(14-20)9-11-22(21)23(15-32)25(29)28-24(26(30)31)19-8-4-7-17(13-19)16-5-2-1-3-6-16/h1-8,10,12-14,22-24,32H,9,11,15H2,(H,28,29)(H,30,31)/t22-,23+,24-/m0/s1. The molecule has 0 saturated carbocycles. The fourth-order valence-electron chi connectivity index (χ4n) is 4.50. The van der Waals surface area contributed by atoms with E-state index < -0.39 is 17.9 Å². The van der Waals surface area contributed by atoms with Gasteiger partial charge in [-0.2, -0.15) is 12.6 Å². The van der Waals surface area contributed by atoms with Crippen molar-refractivity contribution in [2.75, 3.05) is 5.75 Å². The van der Waals surface area contributed by atoms with Crippen molar-refractivity contribution in [3.8, 4) is 11.1 Å². The molecule has 0 heterocycles. The molecule has 0 aliphatic heterocycles. The van der Waals surface area contributed by atoms with E-state index in [1.807, 2.05) is 54.6 Å². The first-order valence-corrected chi connectivity index (χ1v) is 12.0. The highest BCUT2D eigenvalue weighted by Crippen LogP contribution is 2.40. The van der Waals surface area contributed by atoms with Crippen molar-refractivity contribution in [3.63, 3.8) is 0 Å². The van der Waals surface area contributed by atoms with Gasteiger partial charge in [0.2, 0.25) is 5.91 Å². The van der Waals surface area contributed by atoms with Gasteiger partial charge in [0, 0.05) is 10.2 Å². The van der Waals surface area contributed by atoms with Gasteiger partial charge in [-0.3, -0.25) is 4.79 Å². The molecule has 1 aliphatic rings. The predicted octanol–water partition coefficient (Wildman–Crippen LogP) is 5.63. The molecule has 0 fully saturated rings. The molecule has 4 rings (SSSR count). The molecule has 3 atom stereocenters. The minimum Gasteiger partial charge on any atom is -0.479 e. The third-order valence-corrected chi connectivity index (χ3v) is 7.00. The molecule has 0 aromatic heterocycles. The first-order valence-electron chi connectivity index (χ1n) is 10.6. The summed E-state index contributed by atoms with van der Waals surface area (Å²) in [6, 6.07) is 22.1. The Morgan fingerprint density at radius 1 is 1.03 bits per heavy atom. The lowest BCUT2D eigenvalue weighted by Gasteiger charge is -2.25. The van der Waals surface area contributed by atoms with Crippen LogP contribution in [0.25, 0.3) is 11.1 Å². The van der Waals surface area contributed by atoms with Crippen molar-refractivity contribution in [1.82, 2.24) is 5.32 Å². The van der Waals surface area contributed by atoms with Crippen LogP contribution in [0.15, 0.2) is 77.3 Å². The summed E-state index contributed by atoms with van der Waals surface area (Å²) in [4.78, 5) is 25.4. The first kappa shape index (κ1) is 22.6. The Hall–Kier alpha value is -2.57. The van der Waals surface area contributed by atoms with Crippen LogP contribution < -0.4 is 5.32 Å². The molecule has 4 nitrogen and oxygen atoms in total. The highest BCUT2D eigenvalue weighted by Gasteiger charge is 2.35. The lowest BCUT2D eigenvalue weighted by atomic mass is 9.87. The van der Waals surface area contributed by atoms with Crippen molar-refractivity contribution in [1.29, 1.82) is 0 Å². The Balaban J connectivity index is 1.57. The highest BCUT2D eigenvalue weighted by molar-refractivity contribution is 9.10. The van der Waals surface area contributed by atoms with Crippen molar-refractivity contribution in [2.24, 2.45) is 5.92 Å². The smallest absolute Gasteiger partial charge is 0.330 e. The Labute approximate surface area is 201 Å². The number of hydrogen-bond acceptors (Lipinski definition) is 3. The minimum absolute atomic E-state index is 0.0284. The lowest BCUT2D eigenvalue weighted by Crippen LogP contribution is -2.40. The highest BCUT2D eigenvalue weighted by atomic mass is 79.9. The summed E-state index contributed by atoms with van der Waals surface area (Å²) in [6.45, 7) is 0. The second kappa shape index (κ2) is 9.92. The van der Waals surface area contributed by atoms with E-state index >= 15 is 0 Å². The van der Waals surface area contributed by atoms with Gasteiger partial charge in [0.25, 0.3) is 0 Å². The average Bonchev–Trinajstić information content (AvgIpc) is 3.21. The van der Waals surface area contributed by atoms with E-state index in [1.165, 1.54) is 5.56 Å². The predicted molar refractivity (Wildman–Crippen MR) is 133 cm³/mol. The number of carboxylic acids is 1. The van der Waals surface area contributed by atoms with Crippen LogP contribution in [0.4, 0.5) is 0 Å². The van der Waals surface area contributed by atoms with Crippen LogP contribution in [-0.2, 0) is 16.0 Å². The van der Waals surface area contributed by atoms with E-state index in [9.17, 15) is 14.7 Å². The number of rotatable bonds is 7. The maximum absolute atomic E-state index is 13.2. The number of benzene rings is 3. The van der Waals surface area contributed by atoms with Crippen LogP contribution >= 0.6 is 28.6 Å². The van der Waals surface area contributed by atoms with Crippen molar-refractivity contribution in [2.45, 2.75) is 24.8 Å². The number of aliphatic carboxylic acids is 1. The number of thiol groups is 1. The third-order valence-electron chi connectivity index (χ3n) is 6.11. The second-order valence-electron chi connectivity index (χ2n) is 8.05. The molecule has 164 valence electrons. The SMILES string of the molecule is O=C(O)[C@@H](NC(=O)[C@H](CS)[C@H]1CCc2cc(Br)ccc21)c1cccc(-c2ccccc2)c1.